The third-order valence-electron chi connectivity index (χ3n) is 3.04. The number of carboxylic acid groups (broad SMARTS) is 1. The fraction of sp³-hybridized carbons (Fsp3) is 0.0667. The first-order chi connectivity index (χ1) is 9.93. The van der Waals surface area contributed by atoms with Crippen molar-refractivity contribution in [3.05, 3.63) is 52.8 Å². The van der Waals surface area contributed by atoms with Gasteiger partial charge in [0.05, 0.1) is 23.0 Å². The average Bonchev–Trinajstić information content (AvgIpc) is 2.45. The number of hydrogen-bond donors (Lipinski definition) is 3. The van der Waals surface area contributed by atoms with E-state index in [1.165, 1.54) is 6.07 Å². The SMILES string of the molecule is Cc1ccc(C#N)cc1Nc1ccc(F)c(N)c1C(=O)O. The fourth-order valence-electron chi connectivity index (χ4n) is 1.90. The van der Waals surface area contributed by atoms with Crippen LogP contribution in [-0.2, 0) is 0 Å². The molecule has 2 rings (SSSR count). The van der Waals surface area contributed by atoms with E-state index in [-0.39, 0.29) is 11.3 Å². The van der Waals surface area contributed by atoms with Gasteiger partial charge in [-0.05, 0) is 36.8 Å². The Morgan fingerprint density at radius 3 is 2.67 bits per heavy atom. The highest BCUT2D eigenvalue weighted by atomic mass is 19.1. The van der Waals surface area contributed by atoms with E-state index in [1.54, 1.807) is 25.1 Å². The van der Waals surface area contributed by atoms with Crippen LogP contribution in [0.1, 0.15) is 21.5 Å². The summed E-state index contributed by atoms with van der Waals surface area (Å²) in [7, 11) is 0. The maximum absolute atomic E-state index is 13.4. The van der Waals surface area contributed by atoms with Gasteiger partial charge in [-0.1, -0.05) is 6.07 Å². The number of carboxylic acids is 1. The van der Waals surface area contributed by atoms with Crippen molar-refractivity contribution < 1.29 is 14.3 Å². The molecule has 0 aliphatic heterocycles. The lowest BCUT2D eigenvalue weighted by Gasteiger charge is -2.14. The van der Waals surface area contributed by atoms with Crippen LogP contribution in [0.3, 0.4) is 0 Å². The number of aromatic carboxylic acids is 1. The molecule has 0 heterocycles. The maximum atomic E-state index is 13.4. The number of benzene rings is 2. The molecule has 0 atom stereocenters. The lowest BCUT2D eigenvalue weighted by atomic mass is 10.1. The van der Waals surface area contributed by atoms with Crippen LogP contribution < -0.4 is 11.1 Å². The number of nitrogens with two attached hydrogens (primary N) is 1. The quantitative estimate of drug-likeness (QED) is 0.753. The summed E-state index contributed by atoms with van der Waals surface area (Å²) in [6.07, 6.45) is 0. The summed E-state index contributed by atoms with van der Waals surface area (Å²) < 4.78 is 13.4. The highest BCUT2D eigenvalue weighted by Gasteiger charge is 2.18. The van der Waals surface area contributed by atoms with Gasteiger partial charge in [0.2, 0.25) is 0 Å². The molecule has 0 aliphatic carbocycles. The summed E-state index contributed by atoms with van der Waals surface area (Å²) in [5.74, 6) is -2.12. The van der Waals surface area contributed by atoms with E-state index in [9.17, 15) is 14.3 Å². The number of nitrogens with zero attached hydrogens (tertiary/aromatic N) is 1. The molecule has 0 spiro atoms. The molecule has 6 heteroatoms. The van der Waals surface area contributed by atoms with E-state index in [1.807, 2.05) is 6.07 Å². The minimum atomic E-state index is -1.33. The van der Waals surface area contributed by atoms with E-state index < -0.39 is 17.5 Å². The second-order valence-electron chi connectivity index (χ2n) is 4.46. The van der Waals surface area contributed by atoms with E-state index in [2.05, 4.69) is 5.32 Å². The normalized spacial score (nSPS) is 9.95. The van der Waals surface area contributed by atoms with Gasteiger partial charge < -0.3 is 16.2 Å². The molecule has 2 aromatic rings. The third kappa shape index (κ3) is 2.77. The highest BCUT2D eigenvalue weighted by Crippen LogP contribution is 2.29. The van der Waals surface area contributed by atoms with Crippen LogP contribution in [0.2, 0.25) is 0 Å². The zero-order chi connectivity index (χ0) is 15.6. The van der Waals surface area contributed by atoms with Crippen LogP contribution in [0.15, 0.2) is 30.3 Å². The first-order valence-electron chi connectivity index (χ1n) is 6.03. The summed E-state index contributed by atoms with van der Waals surface area (Å²) in [4.78, 5) is 11.3. The Bertz CT molecular complexity index is 766. The van der Waals surface area contributed by atoms with Crippen molar-refractivity contribution in [2.24, 2.45) is 0 Å². The number of aryl methyl sites for hydroxylation is 1. The van der Waals surface area contributed by atoms with Crippen LogP contribution >= 0.6 is 0 Å². The molecular formula is C15H12FN3O2. The van der Waals surface area contributed by atoms with Crippen LogP contribution in [0.4, 0.5) is 21.5 Å². The summed E-state index contributed by atoms with van der Waals surface area (Å²) in [5, 5.41) is 21.0. The molecule has 0 bridgehead atoms. The predicted octanol–water partition coefficient (Wildman–Crippen LogP) is 3.03. The van der Waals surface area contributed by atoms with E-state index in [0.29, 0.717) is 11.3 Å². The Balaban J connectivity index is 2.53. The van der Waals surface area contributed by atoms with Gasteiger partial charge in [-0.25, -0.2) is 9.18 Å². The monoisotopic (exact) mass is 285 g/mol. The number of anilines is 3. The zero-order valence-corrected chi connectivity index (χ0v) is 11.1. The number of nitriles is 1. The number of carbonyl (C=O) groups is 1. The van der Waals surface area contributed by atoms with Gasteiger partial charge in [0.15, 0.2) is 0 Å². The molecular weight excluding hydrogens is 273 g/mol. The van der Waals surface area contributed by atoms with Crippen LogP contribution in [-0.4, -0.2) is 11.1 Å². The van der Waals surface area contributed by atoms with Gasteiger partial charge in [0.1, 0.15) is 11.4 Å². The predicted molar refractivity (Wildman–Crippen MR) is 76.9 cm³/mol. The Kier molecular flexibility index (Phi) is 3.76. The minimum Gasteiger partial charge on any atom is -0.478 e. The Hall–Kier alpha value is -3.07. The lowest BCUT2D eigenvalue weighted by Crippen LogP contribution is -2.09. The van der Waals surface area contributed by atoms with Crippen molar-refractivity contribution in [3.8, 4) is 6.07 Å². The highest BCUT2D eigenvalue weighted by molar-refractivity contribution is 6.00. The summed E-state index contributed by atoms with van der Waals surface area (Å²) >= 11 is 0. The molecule has 0 amide bonds. The number of rotatable bonds is 3. The minimum absolute atomic E-state index is 0.166. The van der Waals surface area contributed by atoms with Gasteiger partial charge >= 0.3 is 5.97 Å². The molecule has 0 fully saturated rings. The summed E-state index contributed by atoms with van der Waals surface area (Å²) in [6, 6.07) is 9.35. The van der Waals surface area contributed by atoms with E-state index in [4.69, 9.17) is 11.0 Å². The largest absolute Gasteiger partial charge is 0.478 e. The molecule has 21 heavy (non-hydrogen) atoms. The molecule has 4 N–H and O–H groups in total. The van der Waals surface area contributed by atoms with Crippen LogP contribution in [0.5, 0.6) is 0 Å². The van der Waals surface area contributed by atoms with Crippen LogP contribution in [0.25, 0.3) is 0 Å². The second-order valence-corrected chi connectivity index (χ2v) is 4.46. The van der Waals surface area contributed by atoms with Gasteiger partial charge in [-0.15, -0.1) is 0 Å². The van der Waals surface area contributed by atoms with Gasteiger partial charge in [0, 0.05) is 5.69 Å². The summed E-state index contributed by atoms with van der Waals surface area (Å²) in [6.45, 7) is 1.80. The standard InChI is InChI=1S/C15H12FN3O2/c1-8-2-3-9(7-17)6-12(8)19-11-5-4-10(16)14(18)13(11)15(20)21/h2-6,19H,18H2,1H3,(H,20,21). The van der Waals surface area contributed by atoms with Gasteiger partial charge in [-0.3, -0.25) is 0 Å². The third-order valence-corrected chi connectivity index (χ3v) is 3.04. The molecule has 0 saturated carbocycles. The number of nitrogen functional groups attached to an aromatic ring is 1. The second kappa shape index (κ2) is 5.51. The Morgan fingerprint density at radius 2 is 2.05 bits per heavy atom. The molecule has 0 saturated heterocycles. The van der Waals surface area contributed by atoms with Gasteiger partial charge in [-0.2, -0.15) is 5.26 Å². The van der Waals surface area contributed by atoms with Crippen molar-refractivity contribution in [3.63, 3.8) is 0 Å². The molecule has 5 nitrogen and oxygen atoms in total. The molecule has 0 unspecified atom stereocenters. The van der Waals surface area contributed by atoms with Gasteiger partial charge in [0.25, 0.3) is 0 Å². The van der Waals surface area contributed by atoms with Crippen molar-refractivity contribution in [1.29, 1.82) is 5.26 Å². The summed E-state index contributed by atoms with van der Waals surface area (Å²) in [5.41, 5.74) is 6.68. The molecule has 0 aromatic heterocycles. The van der Waals surface area contributed by atoms with Crippen molar-refractivity contribution in [2.45, 2.75) is 6.92 Å². The van der Waals surface area contributed by atoms with Crippen LogP contribution in [0, 0.1) is 24.1 Å². The average molecular weight is 285 g/mol. The topological polar surface area (TPSA) is 99.1 Å². The smallest absolute Gasteiger partial charge is 0.340 e. The first-order valence-corrected chi connectivity index (χ1v) is 6.03. The van der Waals surface area contributed by atoms with Crippen molar-refractivity contribution in [1.82, 2.24) is 0 Å². The van der Waals surface area contributed by atoms with E-state index >= 15 is 0 Å². The molecule has 2 aromatic carbocycles. The molecule has 106 valence electrons. The van der Waals surface area contributed by atoms with Crippen molar-refractivity contribution in [2.75, 3.05) is 11.1 Å². The number of halogens is 1. The Labute approximate surface area is 120 Å². The van der Waals surface area contributed by atoms with E-state index in [0.717, 1.165) is 11.6 Å². The fourth-order valence-corrected chi connectivity index (χ4v) is 1.90. The molecule has 0 radical (unpaired) electrons. The Morgan fingerprint density at radius 1 is 1.33 bits per heavy atom. The molecule has 0 aliphatic rings. The lowest BCUT2D eigenvalue weighted by molar-refractivity contribution is 0.0698. The first kappa shape index (κ1) is 14.3. The zero-order valence-electron chi connectivity index (χ0n) is 11.1. The van der Waals surface area contributed by atoms with Crippen molar-refractivity contribution >= 4 is 23.0 Å². The number of hydrogen-bond acceptors (Lipinski definition) is 4. The maximum Gasteiger partial charge on any atom is 0.340 e. The number of nitrogens with one attached hydrogen (secondary N) is 1.